The van der Waals surface area contributed by atoms with Crippen LogP contribution >= 0.6 is 11.8 Å². The van der Waals surface area contributed by atoms with E-state index < -0.39 is 0 Å². The Bertz CT molecular complexity index is 1050. The molecule has 2 aliphatic heterocycles. The first kappa shape index (κ1) is 20.7. The van der Waals surface area contributed by atoms with E-state index in [9.17, 15) is 4.79 Å². The first-order chi connectivity index (χ1) is 14.3. The van der Waals surface area contributed by atoms with Gasteiger partial charge in [0.05, 0.1) is 10.6 Å². The molecule has 0 spiro atoms. The number of anilines is 1. The second-order valence-corrected chi connectivity index (χ2v) is 9.83. The molecule has 1 saturated heterocycles. The van der Waals surface area contributed by atoms with Crippen molar-refractivity contribution in [3.05, 3.63) is 64.1 Å². The Kier molecular flexibility index (Phi) is 5.49. The Hall–Kier alpha value is -2.53. The zero-order chi connectivity index (χ0) is 21.5. The molecule has 2 heterocycles. The number of hydrogen-bond donors (Lipinski definition) is 1. The Balaban J connectivity index is 1.61. The summed E-state index contributed by atoms with van der Waals surface area (Å²) >= 11 is 1.40. The molecule has 0 aromatic heterocycles. The first-order valence-corrected chi connectivity index (χ1v) is 11.4. The number of aryl methyl sites for hydroxylation is 1. The van der Waals surface area contributed by atoms with E-state index in [0.29, 0.717) is 16.0 Å². The van der Waals surface area contributed by atoms with Crippen LogP contribution in [-0.2, 0) is 4.79 Å². The first-order valence-electron chi connectivity index (χ1n) is 10.5. The van der Waals surface area contributed by atoms with Crippen LogP contribution in [0.25, 0.3) is 6.08 Å². The van der Waals surface area contributed by atoms with Crippen LogP contribution in [0.3, 0.4) is 0 Å². The molecule has 5 heteroatoms. The summed E-state index contributed by atoms with van der Waals surface area (Å²) in [6.07, 6.45) is 3.10. The number of thioether (sulfide) groups is 1. The average Bonchev–Trinajstić information content (AvgIpc) is 3.00. The molecule has 4 rings (SSSR count). The highest BCUT2D eigenvalue weighted by atomic mass is 32.2. The van der Waals surface area contributed by atoms with Crippen molar-refractivity contribution in [1.82, 2.24) is 5.32 Å². The lowest BCUT2D eigenvalue weighted by atomic mass is 9.79. The topological polar surface area (TPSA) is 44.7 Å². The van der Waals surface area contributed by atoms with Gasteiger partial charge in [-0.05, 0) is 98.8 Å². The number of aliphatic imine (C=N–C) groups is 1. The summed E-state index contributed by atoms with van der Waals surface area (Å²) in [5, 5.41) is 3.51. The predicted molar refractivity (Wildman–Crippen MR) is 129 cm³/mol. The Morgan fingerprint density at radius 3 is 2.80 bits per heavy atom. The molecular weight excluding hydrogens is 390 g/mol. The quantitative estimate of drug-likeness (QED) is 0.621. The van der Waals surface area contributed by atoms with Crippen LogP contribution in [0.1, 0.15) is 56.7 Å². The minimum atomic E-state index is -0.0894. The molecule has 0 unspecified atom stereocenters. The summed E-state index contributed by atoms with van der Waals surface area (Å²) in [6.45, 7) is 12.2. The lowest BCUT2D eigenvalue weighted by Crippen LogP contribution is -2.48. The van der Waals surface area contributed by atoms with E-state index in [-0.39, 0.29) is 11.4 Å². The highest BCUT2D eigenvalue weighted by Crippen LogP contribution is 2.43. The van der Waals surface area contributed by atoms with Gasteiger partial charge in [0.15, 0.2) is 5.17 Å². The van der Waals surface area contributed by atoms with Crippen molar-refractivity contribution in [1.29, 1.82) is 0 Å². The van der Waals surface area contributed by atoms with Crippen LogP contribution < -0.4 is 10.2 Å². The number of amides is 1. The van der Waals surface area contributed by atoms with E-state index in [1.54, 1.807) is 0 Å². The largest absolute Gasteiger partial charge is 0.366 e. The highest BCUT2D eigenvalue weighted by Gasteiger charge is 2.35. The number of fused-ring (bicyclic) bond motifs is 1. The molecule has 1 amide bonds. The van der Waals surface area contributed by atoms with E-state index in [4.69, 9.17) is 0 Å². The second-order valence-electron chi connectivity index (χ2n) is 8.80. The van der Waals surface area contributed by atoms with Crippen molar-refractivity contribution in [3.8, 4) is 0 Å². The van der Waals surface area contributed by atoms with E-state index in [2.05, 4.69) is 61.1 Å². The van der Waals surface area contributed by atoms with E-state index in [1.807, 2.05) is 37.3 Å². The molecule has 2 aliphatic rings. The summed E-state index contributed by atoms with van der Waals surface area (Å²) in [5.74, 6) is 0.396. The summed E-state index contributed by atoms with van der Waals surface area (Å²) in [4.78, 5) is 20.2. The Labute approximate surface area is 183 Å². The number of nitrogens with zero attached hydrogens (tertiary/aromatic N) is 2. The van der Waals surface area contributed by atoms with Gasteiger partial charge < -0.3 is 10.2 Å². The normalized spacial score (nSPS) is 23.0. The monoisotopic (exact) mass is 419 g/mol. The molecule has 0 bridgehead atoms. The van der Waals surface area contributed by atoms with Gasteiger partial charge in [-0.3, -0.25) is 4.79 Å². The zero-order valence-electron chi connectivity index (χ0n) is 18.3. The maximum Gasteiger partial charge on any atom is 0.264 e. The molecule has 1 fully saturated rings. The van der Waals surface area contributed by atoms with Crippen molar-refractivity contribution in [2.75, 3.05) is 11.4 Å². The van der Waals surface area contributed by atoms with Crippen LogP contribution in [0, 0.1) is 6.92 Å². The lowest BCUT2D eigenvalue weighted by Gasteiger charge is -2.47. The molecule has 4 nitrogen and oxygen atoms in total. The Morgan fingerprint density at radius 1 is 1.27 bits per heavy atom. The molecule has 2 aromatic carbocycles. The number of amidine groups is 1. The number of carbonyl (C=O) groups excluding carboxylic acids is 1. The molecule has 2 aromatic rings. The van der Waals surface area contributed by atoms with Crippen LogP contribution in [0.15, 0.2) is 52.4 Å². The standard InChI is InChI=1S/C25H29N3OS/c1-6-28-21-11-10-18(13-20(21)17(3)15-25(28,4)5)14-22-23(29)27-24(30-22)26-19-9-7-8-16(2)12-19/h7-14,17H,6,15H2,1-5H3,(H,26,27,29)/b22-14-/t17-/m1/s1. The third-order valence-corrected chi connectivity index (χ3v) is 6.82. The molecule has 156 valence electrons. The molecule has 0 aliphatic carbocycles. The summed E-state index contributed by atoms with van der Waals surface area (Å²) in [7, 11) is 0. The number of carbonyl (C=O) groups is 1. The molecular formula is C25H29N3OS. The summed E-state index contributed by atoms with van der Waals surface area (Å²) < 4.78 is 0. The van der Waals surface area contributed by atoms with Crippen LogP contribution in [0.5, 0.6) is 0 Å². The van der Waals surface area contributed by atoms with Crippen molar-refractivity contribution < 1.29 is 4.79 Å². The summed E-state index contributed by atoms with van der Waals surface area (Å²) in [6, 6.07) is 14.5. The molecule has 0 radical (unpaired) electrons. The van der Waals surface area contributed by atoms with Gasteiger partial charge in [-0.25, -0.2) is 4.99 Å². The fourth-order valence-electron chi connectivity index (χ4n) is 4.64. The molecule has 1 atom stereocenters. The Morgan fingerprint density at radius 2 is 2.07 bits per heavy atom. The number of nitrogens with one attached hydrogen (secondary N) is 1. The van der Waals surface area contributed by atoms with Gasteiger partial charge in [0.1, 0.15) is 0 Å². The molecule has 1 N–H and O–H groups in total. The summed E-state index contributed by atoms with van der Waals surface area (Å²) in [5.41, 5.74) is 5.89. The van der Waals surface area contributed by atoms with Gasteiger partial charge in [-0.15, -0.1) is 0 Å². The van der Waals surface area contributed by atoms with Crippen molar-refractivity contribution in [3.63, 3.8) is 0 Å². The SMILES string of the molecule is CCN1c2ccc(/C=C3\SC(=Nc4cccc(C)c4)NC3=O)cc2[C@H](C)CC1(C)C. The molecule has 0 saturated carbocycles. The third-order valence-electron chi connectivity index (χ3n) is 5.91. The molecule has 30 heavy (non-hydrogen) atoms. The van der Waals surface area contributed by atoms with Crippen molar-refractivity contribution in [2.24, 2.45) is 4.99 Å². The van der Waals surface area contributed by atoms with Gasteiger partial charge in [0.25, 0.3) is 5.91 Å². The third kappa shape index (κ3) is 4.04. The highest BCUT2D eigenvalue weighted by molar-refractivity contribution is 8.18. The predicted octanol–water partition coefficient (Wildman–Crippen LogP) is 6.00. The van der Waals surface area contributed by atoms with Gasteiger partial charge in [-0.1, -0.05) is 25.1 Å². The average molecular weight is 420 g/mol. The fraction of sp³-hybridized carbons (Fsp3) is 0.360. The smallest absolute Gasteiger partial charge is 0.264 e. The van der Waals surface area contributed by atoms with E-state index >= 15 is 0 Å². The van der Waals surface area contributed by atoms with Crippen molar-refractivity contribution >= 4 is 40.3 Å². The minimum absolute atomic E-state index is 0.0894. The van der Waals surface area contributed by atoms with Gasteiger partial charge >= 0.3 is 0 Å². The van der Waals surface area contributed by atoms with E-state index in [0.717, 1.165) is 29.8 Å². The van der Waals surface area contributed by atoms with Gasteiger partial charge in [-0.2, -0.15) is 0 Å². The van der Waals surface area contributed by atoms with Gasteiger partial charge in [0, 0.05) is 17.8 Å². The lowest BCUT2D eigenvalue weighted by molar-refractivity contribution is -0.115. The number of hydrogen-bond acceptors (Lipinski definition) is 4. The fourth-order valence-corrected chi connectivity index (χ4v) is 5.49. The van der Waals surface area contributed by atoms with Gasteiger partial charge in [0.2, 0.25) is 0 Å². The van der Waals surface area contributed by atoms with Crippen LogP contribution in [0.4, 0.5) is 11.4 Å². The second kappa shape index (κ2) is 7.95. The minimum Gasteiger partial charge on any atom is -0.366 e. The zero-order valence-corrected chi connectivity index (χ0v) is 19.1. The maximum absolute atomic E-state index is 12.5. The number of benzene rings is 2. The van der Waals surface area contributed by atoms with Crippen molar-refractivity contribution in [2.45, 2.75) is 52.5 Å². The van der Waals surface area contributed by atoms with Crippen LogP contribution in [-0.4, -0.2) is 23.2 Å². The van der Waals surface area contributed by atoms with Crippen LogP contribution in [0.2, 0.25) is 0 Å². The van der Waals surface area contributed by atoms with E-state index in [1.165, 1.54) is 23.0 Å². The maximum atomic E-state index is 12.5. The number of rotatable bonds is 3.